The van der Waals surface area contributed by atoms with Crippen molar-refractivity contribution in [2.24, 2.45) is 0 Å². The Morgan fingerprint density at radius 3 is 2.72 bits per heavy atom. The molecular formula is C24H25ClN4O2S. The van der Waals surface area contributed by atoms with Crippen LogP contribution in [0.1, 0.15) is 39.3 Å². The summed E-state index contributed by atoms with van der Waals surface area (Å²) < 4.78 is 2.43. The maximum absolute atomic E-state index is 13.0. The Labute approximate surface area is 196 Å². The molecule has 2 aromatic heterocycles. The summed E-state index contributed by atoms with van der Waals surface area (Å²) in [5.41, 5.74) is 4.44. The van der Waals surface area contributed by atoms with E-state index in [2.05, 4.69) is 17.7 Å². The molecule has 0 radical (unpaired) electrons. The van der Waals surface area contributed by atoms with E-state index in [1.165, 1.54) is 17.4 Å². The van der Waals surface area contributed by atoms with E-state index in [0.717, 1.165) is 27.1 Å². The minimum absolute atomic E-state index is 0.0742. The zero-order valence-corrected chi connectivity index (χ0v) is 19.9. The first kappa shape index (κ1) is 22.3. The minimum atomic E-state index is -0.107. The number of carbonyl (C=O) groups excluding carboxylic acids is 2. The van der Waals surface area contributed by atoms with Crippen LogP contribution in [0.5, 0.6) is 0 Å². The Balaban J connectivity index is 1.89. The molecule has 4 rings (SSSR count). The molecule has 32 heavy (non-hydrogen) atoms. The smallest absolute Gasteiger partial charge is 0.272 e. The van der Waals surface area contributed by atoms with Gasteiger partial charge in [-0.15, -0.1) is 11.3 Å². The van der Waals surface area contributed by atoms with E-state index in [1.807, 2.05) is 31.2 Å². The Morgan fingerprint density at radius 2 is 2.03 bits per heavy atom. The van der Waals surface area contributed by atoms with Crippen LogP contribution < -0.4 is 0 Å². The van der Waals surface area contributed by atoms with E-state index < -0.39 is 0 Å². The van der Waals surface area contributed by atoms with Gasteiger partial charge in [0.05, 0.1) is 17.1 Å². The first-order chi connectivity index (χ1) is 15.3. The van der Waals surface area contributed by atoms with Crippen molar-refractivity contribution in [2.75, 3.05) is 20.6 Å². The summed E-state index contributed by atoms with van der Waals surface area (Å²) >= 11 is 7.88. The number of thiophene rings is 1. The van der Waals surface area contributed by atoms with Crippen molar-refractivity contribution in [3.8, 4) is 11.1 Å². The van der Waals surface area contributed by atoms with Gasteiger partial charge in [-0.2, -0.15) is 5.10 Å². The van der Waals surface area contributed by atoms with Crippen LogP contribution >= 0.6 is 22.9 Å². The standard InChI is InChI=1S/C24H25ClN4O2S/c1-5-22(30)28-13-19(17-11-21(25)32-20(17)14-28)16-10-8-7-9-15(16)18-12-26-29(6-2)23(18)24(31)27(3)4/h5,7-12,19H,1,6,13-14H2,2-4H3/t19-/m0/s1. The van der Waals surface area contributed by atoms with E-state index in [0.29, 0.717) is 29.7 Å². The van der Waals surface area contributed by atoms with Crippen LogP contribution in [0.3, 0.4) is 0 Å². The molecular weight excluding hydrogens is 444 g/mol. The second-order valence-electron chi connectivity index (χ2n) is 7.91. The number of aryl methyl sites for hydroxylation is 1. The van der Waals surface area contributed by atoms with Crippen molar-refractivity contribution < 1.29 is 9.59 Å². The fraction of sp³-hybridized carbons (Fsp3) is 0.292. The minimum Gasteiger partial charge on any atom is -0.343 e. The number of halogens is 1. The average Bonchev–Trinajstić information content (AvgIpc) is 3.39. The normalized spacial score (nSPS) is 15.4. The van der Waals surface area contributed by atoms with Crippen LogP contribution in [0.15, 0.2) is 49.2 Å². The van der Waals surface area contributed by atoms with Gasteiger partial charge in [0.25, 0.3) is 5.91 Å². The number of amides is 2. The third kappa shape index (κ3) is 3.87. The monoisotopic (exact) mass is 468 g/mol. The van der Waals surface area contributed by atoms with E-state index >= 15 is 0 Å². The third-order valence-corrected chi connectivity index (χ3v) is 7.05. The number of carbonyl (C=O) groups is 2. The number of benzene rings is 1. The van der Waals surface area contributed by atoms with Gasteiger partial charge in [-0.3, -0.25) is 14.3 Å². The van der Waals surface area contributed by atoms with Gasteiger partial charge >= 0.3 is 0 Å². The molecule has 0 aliphatic carbocycles. The van der Waals surface area contributed by atoms with Crippen molar-refractivity contribution in [1.29, 1.82) is 0 Å². The number of hydrogen-bond donors (Lipinski definition) is 0. The summed E-state index contributed by atoms with van der Waals surface area (Å²) in [4.78, 5) is 30.0. The highest BCUT2D eigenvalue weighted by molar-refractivity contribution is 7.16. The molecule has 0 bridgehead atoms. The lowest BCUT2D eigenvalue weighted by atomic mass is 9.84. The van der Waals surface area contributed by atoms with E-state index in [1.54, 1.807) is 34.8 Å². The number of rotatable bonds is 5. The molecule has 3 heterocycles. The molecule has 1 atom stereocenters. The molecule has 1 aliphatic rings. The zero-order chi connectivity index (χ0) is 23.0. The van der Waals surface area contributed by atoms with Crippen LogP contribution in [0, 0.1) is 0 Å². The molecule has 6 nitrogen and oxygen atoms in total. The Bertz CT molecular complexity index is 1200. The lowest BCUT2D eigenvalue weighted by Crippen LogP contribution is -2.37. The summed E-state index contributed by atoms with van der Waals surface area (Å²) in [6.45, 7) is 7.25. The van der Waals surface area contributed by atoms with Gasteiger partial charge in [-0.1, -0.05) is 42.4 Å². The van der Waals surface area contributed by atoms with Crippen molar-refractivity contribution >= 4 is 34.8 Å². The Kier molecular flexibility index (Phi) is 6.22. The molecule has 0 fully saturated rings. The van der Waals surface area contributed by atoms with Gasteiger partial charge in [-0.05, 0) is 35.8 Å². The van der Waals surface area contributed by atoms with Crippen molar-refractivity contribution in [3.63, 3.8) is 0 Å². The molecule has 8 heteroatoms. The van der Waals surface area contributed by atoms with Gasteiger partial charge < -0.3 is 9.80 Å². The molecule has 0 saturated carbocycles. The van der Waals surface area contributed by atoms with Crippen LogP contribution in [0.4, 0.5) is 0 Å². The first-order valence-corrected chi connectivity index (χ1v) is 11.6. The fourth-order valence-electron chi connectivity index (χ4n) is 4.25. The van der Waals surface area contributed by atoms with Gasteiger partial charge in [0, 0.05) is 43.5 Å². The maximum Gasteiger partial charge on any atom is 0.272 e. The number of hydrogen-bond acceptors (Lipinski definition) is 4. The predicted octanol–water partition coefficient (Wildman–Crippen LogP) is 4.65. The highest BCUT2D eigenvalue weighted by Gasteiger charge is 2.33. The third-order valence-electron chi connectivity index (χ3n) is 5.78. The quantitative estimate of drug-likeness (QED) is 0.512. The molecule has 2 amide bonds. The van der Waals surface area contributed by atoms with E-state index in [9.17, 15) is 9.59 Å². The second-order valence-corrected chi connectivity index (χ2v) is 9.68. The van der Waals surface area contributed by atoms with Crippen molar-refractivity contribution in [3.05, 3.63) is 75.2 Å². The molecule has 166 valence electrons. The summed E-state index contributed by atoms with van der Waals surface area (Å²) in [7, 11) is 3.48. The lowest BCUT2D eigenvalue weighted by Gasteiger charge is -2.33. The van der Waals surface area contributed by atoms with E-state index in [-0.39, 0.29) is 17.7 Å². The van der Waals surface area contributed by atoms with Gasteiger partial charge in [-0.25, -0.2) is 0 Å². The fourth-order valence-corrected chi connectivity index (χ4v) is 5.61. The van der Waals surface area contributed by atoms with Gasteiger partial charge in [0.1, 0.15) is 5.69 Å². The van der Waals surface area contributed by atoms with Crippen molar-refractivity contribution in [1.82, 2.24) is 19.6 Å². The number of nitrogens with zero attached hydrogens (tertiary/aromatic N) is 4. The molecule has 0 unspecified atom stereocenters. The molecule has 1 aliphatic heterocycles. The maximum atomic E-state index is 13.0. The number of fused-ring (bicyclic) bond motifs is 1. The Morgan fingerprint density at radius 1 is 1.28 bits per heavy atom. The molecule has 0 spiro atoms. The topological polar surface area (TPSA) is 58.4 Å². The molecule has 0 saturated heterocycles. The largest absolute Gasteiger partial charge is 0.343 e. The predicted molar refractivity (Wildman–Crippen MR) is 128 cm³/mol. The second kappa shape index (κ2) is 8.92. The molecule has 3 aromatic rings. The highest BCUT2D eigenvalue weighted by atomic mass is 35.5. The zero-order valence-electron chi connectivity index (χ0n) is 18.3. The summed E-state index contributed by atoms with van der Waals surface area (Å²) in [6, 6.07) is 10.0. The number of aromatic nitrogens is 2. The van der Waals surface area contributed by atoms with Gasteiger partial charge in [0.2, 0.25) is 5.91 Å². The first-order valence-electron chi connectivity index (χ1n) is 10.4. The SMILES string of the molecule is C=CC(=O)N1Cc2sc(Cl)cc2[C@H](c2ccccc2-c2cnn(CC)c2C(=O)N(C)C)C1. The Hall–Kier alpha value is -2.90. The van der Waals surface area contributed by atoms with Crippen LogP contribution in [-0.2, 0) is 17.9 Å². The summed E-state index contributed by atoms with van der Waals surface area (Å²) in [5.74, 6) is -0.277. The summed E-state index contributed by atoms with van der Waals surface area (Å²) in [6.07, 6.45) is 3.11. The summed E-state index contributed by atoms with van der Waals surface area (Å²) in [5, 5.41) is 4.48. The van der Waals surface area contributed by atoms with Gasteiger partial charge in [0.15, 0.2) is 0 Å². The molecule has 0 N–H and O–H groups in total. The van der Waals surface area contributed by atoms with E-state index in [4.69, 9.17) is 11.6 Å². The lowest BCUT2D eigenvalue weighted by molar-refractivity contribution is -0.127. The highest BCUT2D eigenvalue weighted by Crippen LogP contribution is 2.43. The van der Waals surface area contributed by atoms with Crippen LogP contribution in [-0.4, -0.2) is 52.0 Å². The average molecular weight is 469 g/mol. The van der Waals surface area contributed by atoms with Crippen molar-refractivity contribution in [2.45, 2.75) is 25.9 Å². The van der Waals surface area contributed by atoms with Crippen LogP contribution in [0.25, 0.3) is 11.1 Å². The molecule has 1 aromatic carbocycles. The van der Waals surface area contributed by atoms with Crippen LogP contribution in [0.2, 0.25) is 4.34 Å².